The van der Waals surface area contributed by atoms with Gasteiger partial charge in [-0.2, -0.15) is 4.31 Å². The van der Waals surface area contributed by atoms with Crippen molar-refractivity contribution in [2.75, 3.05) is 35.0 Å². The topological polar surface area (TPSA) is 79.2 Å². The van der Waals surface area contributed by atoms with E-state index in [0.29, 0.717) is 30.3 Å². The van der Waals surface area contributed by atoms with E-state index in [1.54, 1.807) is 32.4 Å². The van der Waals surface area contributed by atoms with Gasteiger partial charge in [-0.25, -0.2) is 8.42 Å². The van der Waals surface area contributed by atoms with E-state index in [0.717, 1.165) is 11.3 Å². The Balaban J connectivity index is 1.88. The van der Waals surface area contributed by atoms with E-state index in [1.807, 2.05) is 30.5 Å². The lowest BCUT2D eigenvalue weighted by molar-refractivity contribution is 0.294. The molecule has 1 atom stereocenters. The molecule has 0 saturated carbocycles. The van der Waals surface area contributed by atoms with Gasteiger partial charge >= 0.3 is 0 Å². The number of nitrogens with zero attached hydrogens (tertiary/aromatic N) is 2. The van der Waals surface area contributed by atoms with Gasteiger partial charge < -0.3 is 23.5 Å². The number of fused-ring (bicyclic) bond motifs is 1. The molecule has 0 amide bonds. The number of benzene rings is 2. The average molecular weight is 459 g/mol. The highest BCUT2D eigenvalue weighted by atomic mass is 32.2. The SMILES string of the molecule is COc1ccc(OC)c(S(=O)(=O)N2CCn3cccc3C2c2ccc(OC)c(OC)c2)c1. The van der Waals surface area contributed by atoms with Crippen LogP contribution in [-0.4, -0.2) is 52.3 Å². The van der Waals surface area contributed by atoms with Crippen molar-refractivity contribution in [1.82, 2.24) is 8.87 Å². The van der Waals surface area contributed by atoms with Crippen molar-refractivity contribution in [1.29, 1.82) is 0 Å². The molecule has 0 saturated heterocycles. The second-order valence-corrected chi connectivity index (χ2v) is 9.13. The molecule has 1 aliphatic rings. The van der Waals surface area contributed by atoms with Gasteiger partial charge in [0.15, 0.2) is 11.5 Å². The Morgan fingerprint density at radius 1 is 0.812 bits per heavy atom. The van der Waals surface area contributed by atoms with E-state index in [9.17, 15) is 8.42 Å². The fraction of sp³-hybridized carbons (Fsp3) is 0.304. The highest BCUT2D eigenvalue weighted by molar-refractivity contribution is 7.89. The smallest absolute Gasteiger partial charge is 0.247 e. The summed E-state index contributed by atoms with van der Waals surface area (Å²) >= 11 is 0. The molecule has 0 radical (unpaired) electrons. The van der Waals surface area contributed by atoms with Gasteiger partial charge in [0.2, 0.25) is 10.0 Å². The van der Waals surface area contributed by atoms with Gasteiger partial charge in [0.1, 0.15) is 16.4 Å². The zero-order chi connectivity index (χ0) is 22.9. The molecule has 9 heteroatoms. The number of hydrogen-bond donors (Lipinski definition) is 0. The summed E-state index contributed by atoms with van der Waals surface area (Å²) < 4.78 is 53.0. The predicted octanol–water partition coefficient (Wildman–Crippen LogP) is 3.32. The second-order valence-electron chi connectivity index (χ2n) is 7.28. The quantitative estimate of drug-likeness (QED) is 0.541. The molecule has 32 heavy (non-hydrogen) atoms. The van der Waals surface area contributed by atoms with E-state index in [4.69, 9.17) is 18.9 Å². The molecule has 4 rings (SSSR count). The van der Waals surface area contributed by atoms with Crippen molar-refractivity contribution in [3.05, 3.63) is 66.0 Å². The van der Waals surface area contributed by atoms with Crippen LogP contribution in [0.25, 0.3) is 0 Å². The van der Waals surface area contributed by atoms with Gasteiger partial charge in [0.05, 0.1) is 34.5 Å². The zero-order valence-corrected chi connectivity index (χ0v) is 19.3. The largest absolute Gasteiger partial charge is 0.497 e. The van der Waals surface area contributed by atoms with Crippen LogP contribution in [0.2, 0.25) is 0 Å². The maximum absolute atomic E-state index is 14.0. The molecule has 0 fully saturated rings. The number of hydrogen-bond acceptors (Lipinski definition) is 6. The van der Waals surface area contributed by atoms with Crippen molar-refractivity contribution in [2.24, 2.45) is 0 Å². The molecule has 2 aromatic carbocycles. The fourth-order valence-corrected chi connectivity index (χ4v) is 5.85. The molecule has 0 N–H and O–H groups in total. The molecule has 0 aliphatic carbocycles. The summed E-state index contributed by atoms with van der Waals surface area (Å²) in [6.07, 6.45) is 1.96. The van der Waals surface area contributed by atoms with Gasteiger partial charge in [-0.1, -0.05) is 6.07 Å². The van der Waals surface area contributed by atoms with Crippen LogP contribution in [0.1, 0.15) is 17.3 Å². The molecular weight excluding hydrogens is 432 g/mol. The van der Waals surface area contributed by atoms with Crippen LogP contribution in [0.3, 0.4) is 0 Å². The highest BCUT2D eigenvalue weighted by Gasteiger charge is 2.39. The summed E-state index contributed by atoms with van der Waals surface area (Å²) in [5.74, 6) is 1.81. The number of methoxy groups -OCH3 is 4. The van der Waals surface area contributed by atoms with Crippen LogP contribution in [0, 0.1) is 0 Å². The second kappa shape index (κ2) is 8.76. The van der Waals surface area contributed by atoms with Gasteiger partial charge in [0, 0.05) is 31.0 Å². The highest BCUT2D eigenvalue weighted by Crippen LogP contribution is 2.41. The molecule has 0 bridgehead atoms. The molecule has 0 spiro atoms. The number of sulfonamides is 1. The van der Waals surface area contributed by atoms with E-state index in [1.165, 1.54) is 24.6 Å². The van der Waals surface area contributed by atoms with Crippen LogP contribution >= 0.6 is 0 Å². The van der Waals surface area contributed by atoms with E-state index < -0.39 is 16.1 Å². The Kier molecular flexibility index (Phi) is 6.03. The maximum atomic E-state index is 14.0. The summed E-state index contributed by atoms with van der Waals surface area (Å²) in [5.41, 5.74) is 1.64. The molecule has 1 aromatic heterocycles. The first-order valence-electron chi connectivity index (χ1n) is 10.1. The van der Waals surface area contributed by atoms with Gasteiger partial charge in [-0.05, 0) is 42.0 Å². The molecule has 1 unspecified atom stereocenters. The number of aromatic nitrogens is 1. The summed E-state index contributed by atoms with van der Waals surface area (Å²) in [5, 5.41) is 0. The fourth-order valence-electron chi connectivity index (χ4n) is 4.09. The minimum Gasteiger partial charge on any atom is -0.497 e. The van der Waals surface area contributed by atoms with Gasteiger partial charge in [-0.15, -0.1) is 0 Å². The van der Waals surface area contributed by atoms with Crippen molar-refractivity contribution >= 4 is 10.0 Å². The Morgan fingerprint density at radius 3 is 2.22 bits per heavy atom. The van der Waals surface area contributed by atoms with E-state index >= 15 is 0 Å². The molecule has 8 nitrogen and oxygen atoms in total. The minimum absolute atomic E-state index is 0.0600. The Bertz CT molecular complexity index is 1220. The molecule has 1 aliphatic heterocycles. The first kappa shape index (κ1) is 22.0. The third kappa shape index (κ3) is 3.67. The Hall–Kier alpha value is -3.17. The zero-order valence-electron chi connectivity index (χ0n) is 18.4. The Morgan fingerprint density at radius 2 is 1.53 bits per heavy atom. The van der Waals surface area contributed by atoms with Crippen LogP contribution in [0.4, 0.5) is 0 Å². The standard InChI is InChI=1S/C23H26N2O6S/c1-28-17-8-10-20(30-3)22(15-17)32(26,27)25-13-12-24-11-5-6-18(24)23(25)16-7-9-19(29-2)21(14-16)31-4/h5-11,14-15,23H,12-13H2,1-4H3. The lowest BCUT2D eigenvalue weighted by atomic mass is 10.0. The average Bonchev–Trinajstić information content (AvgIpc) is 3.31. The summed E-state index contributed by atoms with van der Waals surface area (Å²) in [6, 6.07) is 13.5. The van der Waals surface area contributed by atoms with Crippen molar-refractivity contribution < 1.29 is 27.4 Å². The normalized spacial score (nSPS) is 16.3. The minimum atomic E-state index is -3.95. The van der Waals surface area contributed by atoms with Crippen molar-refractivity contribution in [3.8, 4) is 23.0 Å². The van der Waals surface area contributed by atoms with Gasteiger partial charge in [0.25, 0.3) is 0 Å². The number of rotatable bonds is 7. The number of ether oxygens (including phenoxy) is 4. The van der Waals surface area contributed by atoms with E-state index in [-0.39, 0.29) is 10.6 Å². The maximum Gasteiger partial charge on any atom is 0.247 e. The van der Waals surface area contributed by atoms with Crippen LogP contribution in [0.5, 0.6) is 23.0 Å². The first-order chi connectivity index (χ1) is 15.4. The van der Waals surface area contributed by atoms with Crippen molar-refractivity contribution in [2.45, 2.75) is 17.5 Å². The lowest BCUT2D eigenvalue weighted by Crippen LogP contribution is -2.42. The first-order valence-corrected chi connectivity index (χ1v) is 11.5. The predicted molar refractivity (Wildman–Crippen MR) is 119 cm³/mol. The van der Waals surface area contributed by atoms with E-state index in [2.05, 4.69) is 4.57 Å². The van der Waals surface area contributed by atoms with Crippen LogP contribution in [0.15, 0.2) is 59.6 Å². The van der Waals surface area contributed by atoms with Crippen LogP contribution < -0.4 is 18.9 Å². The van der Waals surface area contributed by atoms with Crippen molar-refractivity contribution in [3.63, 3.8) is 0 Å². The summed E-state index contributed by atoms with van der Waals surface area (Å²) in [4.78, 5) is 0.0600. The molecule has 3 aromatic rings. The monoisotopic (exact) mass is 458 g/mol. The lowest BCUT2D eigenvalue weighted by Gasteiger charge is -2.36. The molecule has 2 heterocycles. The summed E-state index contributed by atoms with van der Waals surface area (Å²) in [6.45, 7) is 0.834. The Labute approximate surface area is 187 Å². The van der Waals surface area contributed by atoms with Crippen LogP contribution in [-0.2, 0) is 16.6 Å². The molecule has 170 valence electrons. The third-order valence-corrected chi connectivity index (χ3v) is 7.56. The van der Waals surface area contributed by atoms with Gasteiger partial charge in [-0.3, -0.25) is 0 Å². The third-order valence-electron chi connectivity index (χ3n) is 5.67. The summed E-state index contributed by atoms with van der Waals surface area (Å²) in [7, 11) is 2.12. The molecular formula is C23H26N2O6S.